The first-order valence-electron chi connectivity index (χ1n) is 8.06. The van der Waals surface area contributed by atoms with E-state index in [1.165, 1.54) is 16.7 Å². The number of hydrogen-bond acceptors (Lipinski definition) is 3. The standard InChI is InChI=1S/C18H32N2O/c1-6-10-19-18(14-20(4)11-7-12-21-5)17-13-15(2)8-9-16(17)3/h8-9,13,18-19H,6-7,10-12,14H2,1-5H3. The molecule has 3 nitrogen and oxygen atoms in total. The molecule has 0 fully saturated rings. The van der Waals surface area contributed by atoms with E-state index in [0.29, 0.717) is 6.04 Å². The van der Waals surface area contributed by atoms with Gasteiger partial charge in [-0.25, -0.2) is 0 Å². The number of ether oxygens (including phenoxy) is 1. The van der Waals surface area contributed by atoms with Crippen molar-refractivity contribution in [1.29, 1.82) is 0 Å². The van der Waals surface area contributed by atoms with Gasteiger partial charge in [0.15, 0.2) is 0 Å². The highest BCUT2D eigenvalue weighted by Gasteiger charge is 2.15. The first-order chi connectivity index (χ1) is 10.1. The molecule has 0 saturated carbocycles. The van der Waals surface area contributed by atoms with Gasteiger partial charge in [-0.3, -0.25) is 0 Å². The van der Waals surface area contributed by atoms with Crippen LogP contribution < -0.4 is 5.32 Å². The van der Waals surface area contributed by atoms with Gasteiger partial charge < -0.3 is 15.0 Å². The monoisotopic (exact) mass is 292 g/mol. The zero-order valence-corrected chi connectivity index (χ0v) is 14.4. The quantitative estimate of drug-likeness (QED) is 0.670. The van der Waals surface area contributed by atoms with Gasteiger partial charge in [-0.05, 0) is 51.4 Å². The lowest BCUT2D eigenvalue weighted by molar-refractivity contribution is 0.176. The van der Waals surface area contributed by atoms with Crippen molar-refractivity contribution in [2.24, 2.45) is 0 Å². The van der Waals surface area contributed by atoms with Gasteiger partial charge in [0.05, 0.1) is 0 Å². The second-order valence-corrected chi connectivity index (χ2v) is 5.98. The van der Waals surface area contributed by atoms with Crippen molar-refractivity contribution in [2.75, 3.05) is 40.4 Å². The fourth-order valence-corrected chi connectivity index (χ4v) is 2.61. The van der Waals surface area contributed by atoms with Crippen LogP contribution >= 0.6 is 0 Å². The summed E-state index contributed by atoms with van der Waals surface area (Å²) in [6.45, 7) is 10.6. The maximum absolute atomic E-state index is 5.14. The van der Waals surface area contributed by atoms with Crippen LogP contribution in [0.5, 0.6) is 0 Å². The Kier molecular flexibility index (Phi) is 8.58. The minimum absolute atomic E-state index is 0.400. The van der Waals surface area contributed by atoms with Crippen LogP contribution in [0.25, 0.3) is 0 Å². The maximum atomic E-state index is 5.14. The van der Waals surface area contributed by atoms with Crippen LogP contribution in [0.2, 0.25) is 0 Å². The Balaban J connectivity index is 2.72. The Morgan fingerprint density at radius 1 is 1.29 bits per heavy atom. The summed E-state index contributed by atoms with van der Waals surface area (Å²) in [6.07, 6.45) is 2.25. The van der Waals surface area contributed by atoms with E-state index in [1.54, 1.807) is 7.11 Å². The highest BCUT2D eigenvalue weighted by Crippen LogP contribution is 2.20. The molecule has 0 amide bonds. The van der Waals surface area contributed by atoms with Crippen LogP contribution in [0.3, 0.4) is 0 Å². The van der Waals surface area contributed by atoms with E-state index in [9.17, 15) is 0 Å². The molecule has 21 heavy (non-hydrogen) atoms. The molecule has 1 aromatic rings. The van der Waals surface area contributed by atoms with Gasteiger partial charge >= 0.3 is 0 Å². The van der Waals surface area contributed by atoms with E-state index in [0.717, 1.165) is 39.1 Å². The van der Waals surface area contributed by atoms with Crippen LogP contribution in [0.1, 0.15) is 42.5 Å². The third-order valence-corrected chi connectivity index (χ3v) is 3.83. The Morgan fingerprint density at radius 2 is 2.05 bits per heavy atom. The van der Waals surface area contributed by atoms with Gasteiger partial charge in [0, 0.05) is 32.8 Å². The average Bonchev–Trinajstić information content (AvgIpc) is 2.46. The van der Waals surface area contributed by atoms with Gasteiger partial charge in [-0.1, -0.05) is 30.7 Å². The van der Waals surface area contributed by atoms with Gasteiger partial charge in [0.2, 0.25) is 0 Å². The van der Waals surface area contributed by atoms with Crippen molar-refractivity contribution in [3.05, 3.63) is 34.9 Å². The number of benzene rings is 1. The fourth-order valence-electron chi connectivity index (χ4n) is 2.61. The molecule has 1 rings (SSSR count). The fraction of sp³-hybridized carbons (Fsp3) is 0.667. The van der Waals surface area contributed by atoms with Gasteiger partial charge in [-0.2, -0.15) is 0 Å². The molecule has 0 aliphatic heterocycles. The van der Waals surface area contributed by atoms with Crippen molar-refractivity contribution in [1.82, 2.24) is 10.2 Å². The normalized spacial score (nSPS) is 12.9. The molecule has 1 aromatic carbocycles. The smallest absolute Gasteiger partial charge is 0.0474 e. The Bertz CT molecular complexity index is 406. The average molecular weight is 292 g/mol. The minimum atomic E-state index is 0.400. The lowest BCUT2D eigenvalue weighted by Crippen LogP contribution is -2.34. The summed E-state index contributed by atoms with van der Waals surface area (Å²) in [4.78, 5) is 2.40. The van der Waals surface area contributed by atoms with Crippen molar-refractivity contribution >= 4 is 0 Å². The zero-order chi connectivity index (χ0) is 15.7. The first-order valence-corrected chi connectivity index (χ1v) is 8.06. The third-order valence-electron chi connectivity index (χ3n) is 3.83. The molecule has 0 bridgehead atoms. The van der Waals surface area contributed by atoms with Gasteiger partial charge in [0.1, 0.15) is 0 Å². The number of aryl methyl sites for hydroxylation is 2. The topological polar surface area (TPSA) is 24.5 Å². The number of likely N-dealkylation sites (N-methyl/N-ethyl adjacent to an activating group) is 1. The molecule has 0 spiro atoms. The van der Waals surface area contributed by atoms with Crippen molar-refractivity contribution in [2.45, 2.75) is 39.7 Å². The molecule has 0 aliphatic rings. The van der Waals surface area contributed by atoms with Crippen LogP contribution in [0.15, 0.2) is 18.2 Å². The molecular formula is C18H32N2O. The summed E-state index contributed by atoms with van der Waals surface area (Å²) in [5, 5.41) is 3.70. The van der Waals surface area contributed by atoms with E-state index in [1.807, 2.05) is 0 Å². The lowest BCUT2D eigenvalue weighted by Gasteiger charge is -2.27. The molecular weight excluding hydrogens is 260 g/mol. The zero-order valence-electron chi connectivity index (χ0n) is 14.4. The molecule has 0 saturated heterocycles. The highest BCUT2D eigenvalue weighted by atomic mass is 16.5. The van der Waals surface area contributed by atoms with E-state index < -0.39 is 0 Å². The Hall–Kier alpha value is -0.900. The van der Waals surface area contributed by atoms with E-state index in [4.69, 9.17) is 4.74 Å². The van der Waals surface area contributed by atoms with Crippen LogP contribution in [-0.4, -0.2) is 45.3 Å². The minimum Gasteiger partial charge on any atom is -0.385 e. The van der Waals surface area contributed by atoms with E-state index >= 15 is 0 Å². The molecule has 0 aromatic heterocycles. The first kappa shape index (κ1) is 18.1. The predicted molar refractivity (Wildman–Crippen MR) is 90.9 cm³/mol. The molecule has 0 heterocycles. The summed E-state index contributed by atoms with van der Waals surface area (Å²) in [6, 6.07) is 7.15. The van der Waals surface area contributed by atoms with Crippen LogP contribution in [0.4, 0.5) is 0 Å². The number of nitrogens with zero attached hydrogens (tertiary/aromatic N) is 1. The van der Waals surface area contributed by atoms with Crippen molar-refractivity contribution < 1.29 is 4.74 Å². The second-order valence-electron chi connectivity index (χ2n) is 5.98. The summed E-state index contributed by atoms with van der Waals surface area (Å²) >= 11 is 0. The summed E-state index contributed by atoms with van der Waals surface area (Å²) < 4.78 is 5.14. The SMILES string of the molecule is CCCNC(CN(C)CCCOC)c1cc(C)ccc1C. The van der Waals surface area contributed by atoms with Crippen LogP contribution in [0, 0.1) is 13.8 Å². The third kappa shape index (κ3) is 6.60. The molecule has 1 unspecified atom stereocenters. The Morgan fingerprint density at radius 3 is 2.71 bits per heavy atom. The van der Waals surface area contributed by atoms with Gasteiger partial charge in [0.25, 0.3) is 0 Å². The molecule has 1 atom stereocenters. The lowest BCUT2D eigenvalue weighted by atomic mass is 9.98. The predicted octanol–water partition coefficient (Wildman–Crippen LogP) is 3.31. The summed E-state index contributed by atoms with van der Waals surface area (Å²) in [5.41, 5.74) is 4.14. The molecule has 0 aliphatic carbocycles. The van der Waals surface area contributed by atoms with Crippen molar-refractivity contribution in [3.8, 4) is 0 Å². The Labute approximate surface area is 130 Å². The summed E-state index contributed by atoms with van der Waals surface area (Å²) in [7, 11) is 3.96. The number of methoxy groups -OCH3 is 1. The van der Waals surface area contributed by atoms with E-state index in [2.05, 4.69) is 56.2 Å². The molecule has 3 heteroatoms. The second kappa shape index (κ2) is 9.93. The number of rotatable bonds is 10. The van der Waals surface area contributed by atoms with Crippen LogP contribution in [-0.2, 0) is 4.74 Å². The molecule has 120 valence electrons. The molecule has 1 N–H and O–H groups in total. The summed E-state index contributed by atoms with van der Waals surface area (Å²) in [5.74, 6) is 0. The maximum Gasteiger partial charge on any atom is 0.0474 e. The number of hydrogen-bond donors (Lipinski definition) is 1. The van der Waals surface area contributed by atoms with E-state index in [-0.39, 0.29) is 0 Å². The van der Waals surface area contributed by atoms with Crippen molar-refractivity contribution in [3.63, 3.8) is 0 Å². The number of nitrogens with one attached hydrogen (secondary N) is 1. The molecule has 0 radical (unpaired) electrons. The highest BCUT2D eigenvalue weighted by molar-refractivity contribution is 5.33. The largest absolute Gasteiger partial charge is 0.385 e. The van der Waals surface area contributed by atoms with Gasteiger partial charge in [-0.15, -0.1) is 0 Å².